The first-order valence-corrected chi connectivity index (χ1v) is 8.04. The third kappa shape index (κ3) is 4.32. The van der Waals surface area contributed by atoms with Crippen molar-refractivity contribution >= 4 is 14.1 Å². The lowest BCUT2D eigenvalue weighted by Gasteiger charge is -2.42. The largest absolute Gasteiger partial charge is 0.319 e. The standard InChI is InChI=1S/C18H31BN2/c1-7-9-15(3,8-2)18(6)13-12-17(5,20)11-10-16(4,19)14-21-18/h10-14H,7-9,20H2,1-6H3. The molecule has 1 rings (SSSR count). The second-order valence-electron chi connectivity index (χ2n) is 7.47. The fraction of sp³-hybridized carbons (Fsp3) is 0.722. The molecule has 0 saturated carbocycles. The Morgan fingerprint density at radius 2 is 1.67 bits per heavy atom. The summed E-state index contributed by atoms with van der Waals surface area (Å²) >= 11 is 0. The van der Waals surface area contributed by atoms with Crippen molar-refractivity contribution < 1.29 is 0 Å². The van der Waals surface area contributed by atoms with Crippen molar-refractivity contribution in [2.45, 2.75) is 77.2 Å². The van der Waals surface area contributed by atoms with E-state index in [9.17, 15) is 0 Å². The molecule has 0 spiro atoms. The molecule has 3 heteroatoms. The van der Waals surface area contributed by atoms with Gasteiger partial charge >= 0.3 is 0 Å². The highest BCUT2D eigenvalue weighted by Crippen LogP contribution is 2.44. The van der Waals surface area contributed by atoms with E-state index in [0.29, 0.717) is 0 Å². The number of hydrogen-bond acceptors (Lipinski definition) is 2. The van der Waals surface area contributed by atoms with Gasteiger partial charge in [-0.05, 0) is 37.4 Å². The molecule has 0 aliphatic carbocycles. The SMILES string of the molecule is [B]C1(C)C=CC(C)(N)C=CC(C)(C(C)(CC)CCC)N=C1. The van der Waals surface area contributed by atoms with Crippen LogP contribution in [0.25, 0.3) is 0 Å². The fourth-order valence-corrected chi connectivity index (χ4v) is 2.81. The maximum Gasteiger partial charge on any atom is 0.0875 e. The van der Waals surface area contributed by atoms with Gasteiger partial charge in [-0.3, -0.25) is 4.99 Å². The number of hydrogen-bond donors (Lipinski definition) is 1. The van der Waals surface area contributed by atoms with Gasteiger partial charge in [-0.2, -0.15) is 0 Å². The first kappa shape index (κ1) is 18.2. The summed E-state index contributed by atoms with van der Waals surface area (Å²) in [6.07, 6.45) is 13.3. The zero-order chi connectivity index (χ0) is 16.4. The summed E-state index contributed by atoms with van der Waals surface area (Å²) in [5.41, 5.74) is 5.62. The molecule has 0 saturated heterocycles. The summed E-state index contributed by atoms with van der Waals surface area (Å²) in [6.45, 7) is 12.9. The molecule has 116 valence electrons. The van der Waals surface area contributed by atoms with Crippen molar-refractivity contribution in [2.24, 2.45) is 16.1 Å². The van der Waals surface area contributed by atoms with E-state index in [2.05, 4.69) is 39.8 Å². The lowest BCUT2D eigenvalue weighted by atomic mass is 9.66. The molecule has 0 amide bonds. The van der Waals surface area contributed by atoms with E-state index < -0.39 is 10.9 Å². The van der Waals surface area contributed by atoms with Crippen LogP contribution < -0.4 is 5.73 Å². The normalized spacial score (nSPS) is 39.4. The van der Waals surface area contributed by atoms with Gasteiger partial charge in [-0.15, -0.1) is 0 Å². The van der Waals surface area contributed by atoms with Crippen LogP contribution in [-0.4, -0.2) is 25.1 Å². The Kier molecular flexibility index (Phi) is 5.31. The number of allylic oxidation sites excluding steroid dienone is 1. The first-order valence-electron chi connectivity index (χ1n) is 8.04. The van der Waals surface area contributed by atoms with Crippen molar-refractivity contribution in [1.82, 2.24) is 0 Å². The monoisotopic (exact) mass is 286 g/mol. The van der Waals surface area contributed by atoms with E-state index in [4.69, 9.17) is 18.6 Å². The minimum atomic E-state index is -0.575. The minimum absolute atomic E-state index is 0.0885. The molecule has 0 aromatic rings. The highest BCUT2D eigenvalue weighted by Gasteiger charge is 2.41. The van der Waals surface area contributed by atoms with E-state index in [0.717, 1.165) is 19.3 Å². The minimum Gasteiger partial charge on any atom is -0.319 e. The van der Waals surface area contributed by atoms with Gasteiger partial charge in [0.05, 0.1) is 13.4 Å². The Morgan fingerprint density at radius 1 is 1.10 bits per heavy atom. The van der Waals surface area contributed by atoms with Crippen LogP contribution in [0, 0.1) is 5.41 Å². The van der Waals surface area contributed by atoms with Crippen molar-refractivity contribution in [3.8, 4) is 0 Å². The van der Waals surface area contributed by atoms with E-state index in [1.807, 2.05) is 32.2 Å². The average Bonchev–Trinajstić information content (AvgIpc) is 2.44. The van der Waals surface area contributed by atoms with Crippen molar-refractivity contribution in [1.29, 1.82) is 0 Å². The summed E-state index contributed by atoms with van der Waals surface area (Å²) in [5, 5.41) is -0.575. The number of nitrogens with zero attached hydrogens (tertiary/aromatic N) is 1. The molecular formula is C18H31BN2. The smallest absolute Gasteiger partial charge is 0.0875 e. The van der Waals surface area contributed by atoms with Gasteiger partial charge in [0.2, 0.25) is 0 Å². The predicted molar refractivity (Wildman–Crippen MR) is 95.2 cm³/mol. The molecular weight excluding hydrogens is 255 g/mol. The van der Waals surface area contributed by atoms with Gasteiger partial charge in [0.25, 0.3) is 0 Å². The quantitative estimate of drug-likeness (QED) is 0.609. The highest BCUT2D eigenvalue weighted by molar-refractivity contribution is 6.26. The molecule has 1 aliphatic heterocycles. The lowest BCUT2D eigenvalue weighted by molar-refractivity contribution is 0.177. The van der Waals surface area contributed by atoms with Gasteiger partial charge in [-0.1, -0.05) is 58.4 Å². The predicted octanol–water partition coefficient (Wildman–Crippen LogP) is 4.22. The molecule has 21 heavy (non-hydrogen) atoms. The van der Waals surface area contributed by atoms with Gasteiger partial charge in [0, 0.05) is 11.8 Å². The van der Waals surface area contributed by atoms with Crippen molar-refractivity contribution in [3.05, 3.63) is 24.3 Å². The van der Waals surface area contributed by atoms with Crippen LogP contribution in [0.1, 0.15) is 60.8 Å². The van der Waals surface area contributed by atoms with Gasteiger partial charge < -0.3 is 5.73 Å². The molecule has 1 heterocycles. The molecule has 2 radical (unpaired) electrons. The molecule has 4 atom stereocenters. The van der Waals surface area contributed by atoms with Gasteiger partial charge in [0.1, 0.15) is 0 Å². The summed E-state index contributed by atoms with van der Waals surface area (Å²) in [7, 11) is 6.30. The molecule has 0 aromatic heterocycles. The van der Waals surface area contributed by atoms with Crippen LogP contribution in [0.5, 0.6) is 0 Å². The molecule has 0 fully saturated rings. The van der Waals surface area contributed by atoms with E-state index in [1.165, 1.54) is 0 Å². The Hall–Kier alpha value is -0.825. The van der Waals surface area contributed by atoms with Crippen molar-refractivity contribution in [3.63, 3.8) is 0 Å². The summed E-state index contributed by atoms with van der Waals surface area (Å²) < 4.78 is 0. The molecule has 2 N–H and O–H groups in total. The highest BCUT2D eigenvalue weighted by atomic mass is 14.9. The lowest BCUT2D eigenvalue weighted by Crippen LogP contribution is -2.42. The van der Waals surface area contributed by atoms with Crippen LogP contribution in [0.2, 0.25) is 5.31 Å². The fourth-order valence-electron chi connectivity index (χ4n) is 2.81. The van der Waals surface area contributed by atoms with Crippen LogP contribution in [0.4, 0.5) is 0 Å². The molecule has 0 bridgehead atoms. The first-order chi connectivity index (χ1) is 9.49. The Labute approximate surface area is 132 Å². The van der Waals surface area contributed by atoms with Gasteiger partial charge in [0.15, 0.2) is 0 Å². The molecule has 4 unspecified atom stereocenters. The Balaban J connectivity index is 3.38. The van der Waals surface area contributed by atoms with Crippen LogP contribution in [-0.2, 0) is 0 Å². The third-order valence-corrected chi connectivity index (χ3v) is 4.98. The third-order valence-electron chi connectivity index (χ3n) is 4.98. The number of aliphatic imine (C=N–C) groups is 1. The van der Waals surface area contributed by atoms with Crippen LogP contribution >= 0.6 is 0 Å². The molecule has 2 nitrogen and oxygen atoms in total. The van der Waals surface area contributed by atoms with E-state index in [1.54, 1.807) is 0 Å². The molecule has 0 aromatic carbocycles. The summed E-state index contributed by atoms with van der Waals surface area (Å²) in [6, 6.07) is 0. The zero-order valence-electron chi connectivity index (χ0n) is 14.6. The van der Waals surface area contributed by atoms with Crippen molar-refractivity contribution in [2.75, 3.05) is 0 Å². The Morgan fingerprint density at radius 3 is 2.19 bits per heavy atom. The summed E-state index contributed by atoms with van der Waals surface area (Å²) in [4.78, 5) is 4.91. The maximum atomic E-state index is 6.33. The Bertz CT molecular complexity index is 418. The second kappa shape index (κ2) is 6.12. The summed E-state index contributed by atoms with van der Waals surface area (Å²) in [5.74, 6) is 0. The topological polar surface area (TPSA) is 38.4 Å². The number of rotatable bonds is 4. The molecule has 1 aliphatic rings. The van der Waals surface area contributed by atoms with Gasteiger partial charge in [-0.25, -0.2) is 0 Å². The van der Waals surface area contributed by atoms with Crippen LogP contribution in [0.15, 0.2) is 29.3 Å². The van der Waals surface area contributed by atoms with E-state index >= 15 is 0 Å². The van der Waals surface area contributed by atoms with Crippen LogP contribution in [0.3, 0.4) is 0 Å². The van der Waals surface area contributed by atoms with E-state index in [-0.39, 0.29) is 11.0 Å². The average molecular weight is 286 g/mol. The number of nitrogens with two attached hydrogens (primary N) is 1. The maximum absolute atomic E-state index is 6.33. The zero-order valence-corrected chi connectivity index (χ0v) is 14.6. The second-order valence-corrected chi connectivity index (χ2v) is 7.47.